The van der Waals surface area contributed by atoms with Gasteiger partial charge in [-0.3, -0.25) is 9.36 Å². The first-order valence-corrected chi connectivity index (χ1v) is 10.5. The monoisotopic (exact) mass is 413 g/mol. The number of hydrogen-bond acceptors (Lipinski definition) is 5. The number of ether oxygens (including phenoxy) is 1. The molecule has 3 aromatic carbocycles. The van der Waals surface area contributed by atoms with Crippen LogP contribution in [0.3, 0.4) is 0 Å². The van der Waals surface area contributed by atoms with Gasteiger partial charge in [-0.05, 0) is 42.0 Å². The maximum atomic E-state index is 13.1. The molecule has 0 aliphatic carbocycles. The standard InChI is InChI=1S/C24H19N3O2S/c25-16-18-10-12-20(13-11-18)29-14-15-30-24-26-22-9-5-4-8-21(22)23(28)27(24)17-19-6-2-1-3-7-19/h1-13H,14-15,17H2. The zero-order valence-electron chi connectivity index (χ0n) is 16.2. The fourth-order valence-corrected chi connectivity index (χ4v) is 3.90. The minimum atomic E-state index is -0.0417. The van der Waals surface area contributed by atoms with Crippen LogP contribution < -0.4 is 10.3 Å². The van der Waals surface area contributed by atoms with Crippen molar-refractivity contribution in [3.8, 4) is 11.8 Å². The van der Waals surface area contributed by atoms with E-state index in [2.05, 4.69) is 6.07 Å². The summed E-state index contributed by atoms with van der Waals surface area (Å²) in [5.41, 5.74) is 2.30. The third kappa shape index (κ3) is 4.53. The highest BCUT2D eigenvalue weighted by molar-refractivity contribution is 7.99. The summed E-state index contributed by atoms with van der Waals surface area (Å²) in [5.74, 6) is 1.35. The van der Waals surface area contributed by atoms with E-state index in [1.807, 2.05) is 54.6 Å². The summed E-state index contributed by atoms with van der Waals surface area (Å²) >= 11 is 1.50. The number of para-hydroxylation sites is 1. The molecule has 0 bridgehead atoms. The van der Waals surface area contributed by atoms with Crippen molar-refractivity contribution >= 4 is 22.7 Å². The third-order valence-corrected chi connectivity index (χ3v) is 5.52. The van der Waals surface area contributed by atoms with Crippen LogP contribution in [-0.4, -0.2) is 21.9 Å². The number of fused-ring (bicyclic) bond motifs is 1. The molecular formula is C24H19N3O2S. The van der Waals surface area contributed by atoms with Gasteiger partial charge in [-0.2, -0.15) is 5.26 Å². The zero-order valence-corrected chi connectivity index (χ0v) is 17.0. The maximum absolute atomic E-state index is 13.1. The number of hydrogen-bond donors (Lipinski definition) is 0. The highest BCUT2D eigenvalue weighted by atomic mass is 32.2. The Hall–Kier alpha value is -3.56. The van der Waals surface area contributed by atoms with E-state index in [9.17, 15) is 4.79 Å². The molecule has 0 saturated carbocycles. The molecule has 4 rings (SSSR count). The number of benzene rings is 3. The predicted molar refractivity (Wildman–Crippen MR) is 119 cm³/mol. The number of rotatable bonds is 7. The lowest BCUT2D eigenvalue weighted by Gasteiger charge is -2.13. The Morgan fingerprint density at radius 3 is 2.47 bits per heavy atom. The van der Waals surface area contributed by atoms with Crippen LogP contribution in [0.15, 0.2) is 88.8 Å². The lowest BCUT2D eigenvalue weighted by atomic mass is 10.2. The highest BCUT2D eigenvalue weighted by Crippen LogP contribution is 2.20. The van der Waals surface area contributed by atoms with E-state index < -0.39 is 0 Å². The van der Waals surface area contributed by atoms with Crippen LogP contribution in [0.1, 0.15) is 11.1 Å². The van der Waals surface area contributed by atoms with Gasteiger partial charge < -0.3 is 4.74 Å². The average Bonchev–Trinajstić information content (AvgIpc) is 2.80. The molecule has 1 aromatic heterocycles. The molecule has 0 amide bonds. The molecule has 148 valence electrons. The molecule has 0 unspecified atom stereocenters. The van der Waals surface area contributed by atoms with Gasteiger partial charge in [0, 0.05) is 5.75 Å². The Kier molecular flexibility index (Phi) is 6.11. The Morgan fingerprint density at radius 2 is 1.70 bits per heavy atom. The lowest BCUT2D eigenvalue weighted by Crippen LogP contribution is -2.24. The smallest absolute Gasteiger partial charge is 0.262 e. The second-order valence-corrected chi connectivity index (χ2v) is 7.68. The van der Waals surface area contributed by atoms with Crippen LogP contribution in [-0.2, 0) is 6.54 Å². The summed E-state index contributed by atoms with van der Waals surface area (Å²) in [4.78, 5) is 17.9. The van der Waals surface area contributed by atoms with Crippen molar-refractivity contribution in [1.82, 2.24) is 9.55 Å². The van der Waals surface area contributed by atoms with E-state index in [1.54, 1.807) is 28.8 Å². The van der Waals surface area contributed by atoms with Crippen LogP contribution in [0.25, 0.3) is 10.9 Å². The van der Waals surface area contributed by atoms with Gasteiger partial charge in [-0.15, -0.1) is 0 Å². The molecule has 30 heavy (non-hydrogen) atoms. The summed E-state index contributed by atoms with van der Waals surface area (Å²) in [6.45, 7) is 0.931. The highest BCUT2D eigenvalue weighted by Gasteiger charge is 2.12. The molecule has 0 N–H and O–H groups in total. The number of nitriles is 1. The summed E-state index contributed by atoms with van der Waals surface area (Å²) in [5, 5.41) is 10.2. The molecule has 0 atom stereocenters. The summed E-state index contributed by atoms with van der Waals surface area (Å²) in [7, 11) is 0. The molecular weight excluding hydrogens is 394 g/mol. The normalized spacial score (nSPS) is 10.6. The third-order valence-electron chi connectivity index (χ3n) is 4.58. The summed E-state index contributed by atoms with van der Waals surface area (Å²) < 4.78 is 7.48. The van der Waals surface area contributed by atoms with Gasteiger partial charge in [-0.1, -0.05) is 54.2 Å². The molecule has 0 radical (unpaired) electrons. The quantitative estimate of drug-likeness (QED) is 0.254. The van der Waals surface area contributed by atoms with Crippen molar-refractivity contribution in [2.45, 2.75) is 11.7 Å². The molecule has 5 nitrogen and oxygen atoms in total. The summed E-state index contributed by atoms with van der Waals surface area (Å²) in [6.07, 6.45) is 0. The molecule has 0 saturated heterocycles. The Morgan fingerprint density at radius 1 is 0.967 bits per heavy atom. The van der Waals surface area contributed by atoms with E-state index >= 15 is 0 Å². The van der Waals surface area contributed by atoms with Gasteiger partial charge in [0.2, 0.25) is 0 Å². The van der Waals surface area contributed by atoms with Crippen molar-refractivity contribution in [1.29, 1.82) is 5.26 Å². The van der Waals surface area contributed by atoms with Gasteiger partial charge in [-0.25, -0.2) is 4.98 Å². The first-order chi connectivity index (χ1) is 14.7. The predicted octanol–water partition coefficient (Wildman–Crippen LogP) is 4.49. The Bertz CT molecular complexity index is 1250. The minimum Gasteiger partial charge on any atom is -0.493 e. The van der Waals surface area contributed by atoms with Crippen LogP contribution >= 0.6 is 11.8 Å². The minimum absolute atomic E-state index is 0.0417. The van der Waals surface area contributed by atoms with Crippen LogP contribution in [0.5, 0.6) is 5.75 Å². The van der Waals surface area contributed by atoms with E-state index in [0.717, 1.165) is 5.56 Å². The number of aromatic nitrogens is 2. The fourth-order valence-electron chi connectivity index (χ4n) is 3.08. The second-order valence-electron chi connectivity index (χ2n) is 6.62. The van der Waals surface area contributed by atoms with E-state index in [4.69, 9.17) is 15.0 Å². The van der Waals surface area contributed by atoms with E-state index in [0.29, 0.717) is 46.3 Å². The molecule has 0 fully saturated rings. The first kappa shape index (κ1) is 19.7. The lowest BCUT2D eigenvalue weighted by molar-refractivity contribution is 0.344. The van der Waals surface area contributed by atoms with Gasteiger partial charge in [0.15, 0.2) is 5.16 Å². The largest absolute Gasteiger partial charge is 0.493 e. The molecule has 1 heterocycles. The van der Waals surface area contributed by atoms with Gasteiger partial charge >= 0.3 is 0 Å². The van der Waals surface area contributed by atoms with Crippen molar-refractivity contribution in [2.75, 3.05) is 12.4 Å². The van der Waals surface area contributed by atoms with Crippen molar-refractivity contribution in [3.63, 3.8) is 0 Å². The van der Waals surface area contributed by atoms with Gasteiger partial charge in [0.25, 0.3) is 5.56 Å². The average molecular weight is 414 g/mol. The van der Waals surface area contributed by atoms with Crippen LogP contribution in [0.4, 0.5) is 0 Å². The van der Waals surface area contributed by atoms with Crippen molar-refractivity contribution in [2.24, 2.45) is 0 Å². The Balaban J connectivity index is 1.53. The number of thioether (sulfide) groups is 1. The molecule has 0 spiro atoms. The van der Waals surface area contributed by atoms with Gasteiger partial charge in [0.05, 0.1) is 35.7 Å². The SMILES string of the molecule is N#Cc1ccc(OCCSc2nc3ccccc3c(=O)n2Cc2ccccc2)cc1. The van der Waals surface area contributed by atoms with Crippen molar-refractivity contribution in [3.05, 3.63) is 100 Å². The van der Waals surface area contributed by atoms with Crippen molar-refractivity contribution < 1.29 is 4.74 Å². The molecule has 0 aliphatic heterocycles. The molecule has 0 aliphatic rings. The van der Waals surface area contributed by atoms with Crippen LogP contribution in [0.2, 0.25) is 0 Å². The van der Waals surface area contributed by atoms with Crippen LogP contribution in [0, 0.1) is 11.3 Å². The Labute approximate surface area is 178 Å². The molecule has 6 heteroatoms. The van der Waals surface area contributed by atoms with E-state index in [-0.39, 0.29) is 5.56 Å². The molecule has 4 aromatic rings. The second kappa shape index (κ2) is 9.29. The van der Waals surface area contributed by atoms with E-state index in [1.165, 1.54) is 11.8 Å². The topological polar surface area (TPSA) is 67.9 Å². The van der Waals surface area contributed by atoms with Gasteiger partial charge in [0.1, 0.15) is 5.75 Å². The maximum Gasteiger partial charge on any atom is 0.262 e. The first-order valence-electron chi connectivity index (χ1n) is 9.54. The zero-order chi connectivity index (χ0) is 20.8. The number of nitrogens with zero attached hydrogens (tertiary/aromatic N) is 3. The fraction of sp³-hybridized carbons (Fsp3) is 0.125. The summed E-state index contributed by atoms with van der Waals surface area (Å²) in [6, 6.07) is 26.4.